The van der Waals surface area contributed by atoms with Gasteiger partial charge in [0.15, 0.2) is 0 Å². The van der Waals surface area contributed by atoms with Crippen LogP contribution in [-0.2, 0) is 0 Å². The molecule has 2 amide bonds. The summed E-state index contributed by atoms with van der Waals surface area (Å²) in [5, 5.41) is 5.37. The summed E-state index contributed by atoms with van der Waals surface area (Å²) in [4.78, 5) is 11.8. The van der Waals surface area contributed by atoms with Gasteiger partial charge in [-0.25, -0.2) is 4.79 Å². The standard InChI is InChI=1S/C14H16N4O2/c1-20-11-4-2-3-9(7-11)17-14(19)18-10-5-6-12(15)13(16)8-10/h2-8H,15-16H2,1H3,(H2,17,18,19). The van der Waals surface area contributed by atoms with Crippen molar-refractivity contribution in [2.24, 2.45) is 0 Å². The van der Waals surface area contributed by atoms with Crippen LogP contribution in [0.4, 0.5) is 27.5 Å². The van der Waals surface area contributed by atoms with Crippen molar-refractivity contribution in [2.45, 2.75) is 0 Å². The van der Waals surface area contributed by atoms with Gasteiger partial charge >= 0.3 is 6.03 Å². The number of amides is 2. The van der Waals surface area contributed by atoms with Gasteiger partial charge in [-0.3, -0.25) is 0 Å². The lowest BCUT2D eigenvalue weighted by Crippen LogP contribution is -2.19. The first-order valence-corrected chi connectivity index (χ1v) is 5.95. The highest BCUT2D eigenvalue weighted by atomic mass is 16.5. The Morgan fingerprint density at radius 1 is 1.00 bits per heavy atom. The summed E-state index contributed by atoms with van der Waals surface area (Å²) >= 11 is 0. The van der Waals surface area contributed by atoms with E-state index in [9.17, 15) is 4.79 Å². The van der Waals surface area contributed by atoms with Crippen LogP contribution < -0.4 is 26.8 Å². The number of carbonyl (C=O) groups excluding carboxylic acids is 1. The molecule has 6 N–H and O–H groups in total. The topological polar surface area (TPSA) is 102 Å². The zero-order valence-corrected chi connectivity index (χ0v) is 11.0. The van der Waals surface area contributed by atoms with Crippen LogP contribution in [0.2, 0.25) is 0 Å². The minimum absolute atomic E-state index is 0.373. The maximum absolute atomic E-state index is 11.8. The first kappa shape index (κ1) is 13.5. The fraction of sp³-hybridized carbons (Fsp3) is 0.0714. The van der Waals surface area contributed by atoms with E-state index in [0.29, 0.717) is 28.5 Å². The van der Waals surface area contributed by atoms with E-state index in [0.717, 1.165) is 0 Å². The van der Waals surface area contributed by atoms with Gasteiger partial charge in [-0.2, -0.15) is 0 Å². The molecule has 104 valence electrons. The molecule has 2 aromatic rings. The molecule has 0 aromatic heterocycles. The monoisotopic (exact) mass is 272 g/mol. The van der Waals surface area contributed by atoms with Crippen molar-refractivity contribution in [2.75, 3.05) is 29.2 Å². The van der Waals surface area contributed by atoms with Gasteiger partial charge in [0.1, 0.15) is 5.75 Å². The lowest BCUT2D eigenvalue weighted by atomic mass is 10.2. The van der Waals surface area contributed by atoms with Gasteiger partial charge in [0.05, 0.1) is 18.5 Å². The number of nitrogen functional groups attached to an aromatic ring is 2. The largest absolute Gasteiger partial charge is 0.497 e. The summed E-state index contributed by atoms with van der Waals surface area (Å²) in [6.07, 6.45) is 0. The van der Waals surface area contributed by atoms with Crippen LogP contribution in [0.15, 0.2) is 42.5 Å². The number of nitrogens with two attached hydrogens (primary N) is 2. The smallest absolute Gasteiger partial charge is 0.323 e. The van der Waals surface area contributed by atoms with E-state index in [-0.39, 0.29) is 6.03 Å². The Labute approximate surface area is 116 Å². The number of ether oxygens (including phenoxy) is 1. The van der Waals surface area contributed by atoms with E-state index in [1.165, 1.54) is 0 Å². The molecule has 0 bridgehead atoms. The minimum Gasteiger partial charge on any atom is -0.497 e. The van der Waals surface area contributed by atoms with Crippen molar-refractivity contribution in [1.29, 1.82) is 0 Å². The molecule has 0 saturated heterocycles. The normalized spacial score (nSPS) is 9.85. The van der Waals surface area contributed by atoms with Crippen LogP contribution in [-0.4, -0.2) is 13.1 Å². The molecular formula is C14H16N4O2. The molecule has 0 aliphatic rings. The number of anilines is 4. The number of methoxy groups -OCH3 is 1. The third-order valence-electron chi connectivity index (χ3n) is 2.67. The van der Waals surface area contributed by atoms with Gasteiger partial charge in [-0.1, -0.05) is 6.07 Å². The van der Waals surface area contributed by atoms with Gasteiger partial charge in [-0.15, -0.1) is 0 Å². The Bertz CT molecular complexity index is 628. The van der Waals surface area contributed by atoms with Crippen molar-refractivity contribution in [3.05, 3.63) is 42.5 Å². The molecule has 20 heavy (non-hydrogen) atoms. The van der Waals surface area contributed by atoms with Crippen LogP contribution in [0.3, 0.4) is 0 Å². The highest BCUT2D eigenvalue weighted by Crippen LogP contribution is 2.20. The van der Waals surface area contributed by atoms with Crippen LogP contribution in [0.25, 0.3) is 0 Å². The average molecular weight is 272 g/mol. The molecule has 0 unspecified atom stereocenters. The molecule has 0 aliphatic carbocycles. The molecule has 0 heterocycles. The third-order valence-corrected chi connectivity index (χ3v) is 2.67. The predicted octanol–water partition coefficient (Wildman–Crippen LogP) is 2.50. The Morgan fingerprint density at radius 2 is 1.70 bits per heavy atom. The zero-order valence-electron chi connectivity index (χ0n) is 11.0. The molecule has 2 aromatic carbocycles. The van der Waals surface area contributed by atoms with Crippen LogP contribution in [0, 0.1) is 0 Å². The lowest BCUT2D eigenvalue weighted by molar-refractivity contribution is 0.262. The fourth-order valence-electron chi connectivity index (χ4n) is 1.65. The van der Waals surface area contributed by atoms with E-state index >= 15 is 0 Å². The molecule has 2 rings (SSSR count). The van der Waals surface area contributed by atoms with E-state index in [2.05, 4.69) is 10.6 Å². The Balaban J connectivity index is 2.03. The molecule has 6 heteroatoms. The third kappa shape index (κ3) is 3.32. The molecule has 0 radical (unpaired) electrons. The molecule has 0 spiro atoms. The Kier molecular flexibility index (Phi) is 3.95. The number of rotatable bonds is 3. The van der Waals surface area contributed by atoms with Gasteiger partial charge < -0.3 is 26.8 Å². The molecule has 0 atom stereocenters. The summed E-state index contributed by atoms with van der Waals surface area (Å²) in [7, 11) is 1.57. The van der Waals surface area contributed by atoms with Crippen molar-refractivity contribution >= 4 is 28.8 Å². The van der Waals surface area contributed by atoms with E-state index < -0.39 is 0 Å². The van der Waals surface area contributed by atoms with Gasteiger partial charge in [0.25, 0.3) is 0 Å². The highest BCUT2D eigenvalue weighted by molar-refractivity contribution is 6.00. The zero-order chi connectivity index (χ0) is 14.5. The number of benzene rings is 2. The fourth-order valence-corrected chi connectivity index (χ4v) is 1.65. The SMILES string of the molecule is COc1cccc(NC(=O)Nc2ccc(N)c(N)c2)c1. The summed E-state index contributed by atoms with van der Waals surface area (Å²) < 4.78 is 5.08. The maximum atomic E-state index is 11.8. The number of carbonyl (C=O) groups is 1. The summed E-state index contributed by atoms with van der Waals surface area (Å²) in [5.74, 6) is 0.666. The molecule has 0 saturated carbocycles. The van der Waals surface area contributed by atoms with Crippen molar-refractivity contribution < 1.29 is 9.53 Å². The Morgan fingerprint density at radius 3 is 2.35 bits per heavy atom. The van der Waals surface area contributed by atoms with Gasteiger partial charge in [0.2, 0.25) is 0 Å². The highest BCUT2D eigenvalue weighted by Gasteiger charge is 2.04. The number of urea groups is 1. The summed E-state index contributed by atoms with van der Waals surface area (Å²) in [6.45, 7) is 0. The number of hydrogen-bond acceptors (Lipinski definition) is 4. The molecule has 6 nitrogen and oxygen atoms in total. The van der Waals surface area contributed by atoms with Crippen molar-refractivity contribution in [3.8, 4) is 5.75 Å². The van der Waals surface area contributed by atoms with Gasteiger partial charge in [-0.05, 0) is 30.3 Å². The van der Waals surface area contributed by atoms with Crippen LogP contribution >= 0.6 is 0 Å². The van der Waals surface area contributed by atoms with E-state index in [4.69, 9.17) is 16.2 Å². The minimum atomic E-state index is -0.373. The first-order valence-electron chi connectivity index (χ1n) is 5.95. The second-order valence-electron chi connectivity index (χ2n) is 4.15. The van der Waals surface area contributed by atoms with Crippen molar-refractivity contribution in [1.82, 2.24) is 0 Å². The van der Waals surface area contributed by atoms with E-state index in [1.54, 1.807) is 49.6 Å². The second-order valence-corrected chi connectivity index (χ2v) is 4.15. The number of nitrogens with one attached hydrogen (secondary N) is 2. The summed E-state index contributed by atoms with van der Waals surface area (Å²) in [6, 6.07) is 11.6. The molecular weight excluding hydrogens is 256 g/mol. The first-order chi connectivity index (χ1) is 9.58. The van der Waals surface area contributed by atoms with Crippen LogP contribution in [0.5, 0.6) is 5.75 Å². The lowest BCUT2D eigenvalue weighted by Gasteiger charge is -2.09. The second kappa shape index (κ2) is 5.83. The molecule has 0 fully saturated rings. The van der Waals surface area contributed by atoms with E-state index in [1.807, 2.05) is 0 Å². The van der Waals surface area contributed by atoms with Crippen molar-refractivity contribution in [3.63, 3.8) is 0 Å². The predicted molar refractivity (Wildman–Crippen MR) is 80.9 cm³/mol. The Hall–Kier alpha value is -2.89. The average Bonchev–Trinajstić information content (AvgIpc) is 2.43. The summed E-state index contributed by atoms with van der Waals surface area (Å²) in [5.41, 5.74) is 13.4. The maximum Gasteiger partial charge on any atom is 0.323 e. The quantitative estimate of drug-likeness (QED) is 0.644. The number of hydrogen-bond donors (Lipinski definition) is 4. The molecule has 0 aliphatic heterocycles. The van der Waals surface area contributed by atoms with Gasteiger partial charge in [0, 0.05) is 17.4 Å². The van der Waals surface area contributed by atoms with Crippen LogP contribution in [0.1, 0.15) is 0 Å².